The van der Waals surface area contributed by atoms with Crippen LogP contribution in [0.4, 0.5) is 17.1 Å². The van der Waals surface area contributed by atoms with Crippen LogP contribution in [0.3, 0.4) is 0 Å². The first-order valence-corrected chi connectivity index (χ1v) is 9.50. The Morgan fingerprint density at radius 1 is 1.11 bits per heavy atom. The number of pyridine rings is 1. The molecule has 0 aliphatic carbocycles. The summed E-state index contributed by atoms with van der Waals surface area (Å²) in [6, 6.07) is 11.5. The van der Waals surface area contributed by atoms with Crippen molar-refractivity contribution in [3.05, 3.63) is 48.2 Å². The first-order valence-electron chi connectivity index (χ1n) is 8.39. The van der Waals surface area contributed by atoms with Crippen LogP contribution in [0.1, 0.15) is 5.56 Å². The van der Waals surface area contributed by atoms with E-state index in [0.29, 0.717) is 17.2 Å². The average Bonchev–Trinajstić information content (AvgIpc) is 3.08. The third kappa shape index (κ3) is 3.17. The molecule has 1 atom stereocenters. The van der Waals surface area contributed by atoms with Gasteiger partial charge >= 0.3 is 0 Å². The molecule has 2 heterocycles. The summed E-state index contributed by atoms with van der Waals surface area (Å²) in [5, 5.41) is 0.974. The van der Waals surface area contributed by atoms with Crippen LogP contribution in [0.2, 0.25) is 0 Å². The molecule has 0 saturated carbocycles. The Morgan fingerprint density at radius 3 is 2.63 bits per heavy atom. The van der Waals surface area contributed by atoms with Gasteiger partial charge in [-0.05, 0) is 42.3 Å². The quantitative estimate of drug-likeness (QED) is 0.654. The fourth-order valence-corrected chi connectivity index (χ4v) is 3.84. The Labute approximate surface area is 159 Å². The van der Waals surface area contributed by atoms with Gasteiger partial charge in [0.1, 0.15) is 0 Å². The summed E-state index contributed by atoms with van der Waals surface area (Å²) in [7, 11) is 3.22. The van der Waals surface area contributed by atoms with Crippen LogP contribution in [0.25, 0.3) is 10.9 Å². The zero-order valence-corrected chi connectivity index (χ0v) is 15.7. The minimum Gasteiger partial charge on any atom is -0.493 e. The van der Waals surface area contributed by atoms with Gasteiger partial charge in [-0.15, -0.1) is 0 Å². The molecule has 1 aliphatic heterocycles. The molecule has 4 rings (SSSR count). The summed E-state index contributed by atoms with van der Waals surface area (Å²) < 4.78 is 33.3. The van der Waals surface area contributed by atoms with Gasteiger partial charge in [0.25, 0.3) is 11.3 Å². The van der Waals surface area contributed by atoms with Gasteiger partial charge < -0.3 is 14.4 Å². The van der Waals surface area contributed by atoms with Gasteiger partial charge in [-0.3, -0.25) is 14.3 Å². The highest BCUT2D eigenvalue weighted by Crippen LogP contribution is 2.41. The monoisotopic (exact) mass is 385 g/mol. The first-order chi connectivity index (χ1) is 13.1. The van der Waals surface area contributed by atoms with Gasteiger partial charge in [-0.25, -0.2) is 4.21 Å². The molecule has 0 bridgehead atoms. The Balaban J connectivity index is 1.79. The number of ether oxygens (including phenoxy) is 2. The third-order valence-corrected chi connectivity index (χ3v) is 5.11. The summed E-state index contributed by atoms with van der Waals surface area (Å²) in [4.78, 5) is 6.69. The topological polar surface area (TPSA) is 83.9 Å². The fraction of sp³-hybridized carbons (Fsp3) is 0.211. The number of hydrogen-bond donors (Lipinski definition) is 2. The number of nitrogens with zero attached hydrogens (tertiary/aromatic N) is 2. The maximum atomic E-state index is 11.0. The summed E-state index contributed by atoms with van der Waals surface area (Å²) in [6.45, 7) is 0.814. The normalized spacial score (nSPS) is 14.1. The molecule has 2 aromatic carbocycles. The van der Waals surface area contributed by atoms with Gasteiger partial charge in [0, 0.05) is 35.6 Å². The van der Waals surface area contributed by atoms with E-state index in [-0.39, 0.29) is 0 Å². The fourth-order valence-electron chi connectivity index (χ4n) is 3.51. The highest BCUT2D eigenvalue weighted by atomic mass is 32.2. The maximum Gasteiger partial charge on any atom is 0.259 e. The van der Waals surface area contributed by atoms with Crippen molar-refractivity contribution in [2.45, 2.75) is 6.42 Å². The number of rotatable bonds is 5. The van der Waals surface area contributed by atoms with E-state index in [9.17, 15) is 4.21 Å². The summed E-state index contributed by atoms with van der Waals surface area (Å²) in [5.41, 5.74) is 4.68. The van der Waals surface area contributed by atoms with E-state index in [4.69, 9.17) is 14.0 Å². The minimum atomic E-state index is -2.08. The van der Waals surface area contributed by atoms with Gasteiger partial charge in [0.2, 0.25) is 0 Å². The lowest BCUT2D eigenvalue weighted by Crippen LogP contribution is -2.14. The molecule has 8 heteroatoms. The Kier molecular flexibility index (Phi) is 4.59. The highest BCUT2D eigenvalue weighted by molar-refractivity contribution is 7.80. The van der Waals surface area contributed by atoms with E-state index in [1.807, 2.05) is 30.3 Å². The van der Waals surface area contributed by atoms with Crippen molar-refractivity contribution in [2.24, 2.45) is 0 Å². The van der Waals surface area contributed by atoms with E-state index in [1.54, 1.807) is 26.5 Å². The van der Waals surface area contributed by atoms with Crippen molar-refractivity contribution in [3.63, 3.8) is 0 Å². The number of nitrogens with one attached hydrogen (secondary N) is 1. The van der Waals surface area contributed by atoms with Crippen molar-refractivity contribution in [2.75, 3.05) is 30.4 Å². The number of hydrogen-bond acceptors (Lipinski definition) is 5. The first kappa shape index (κ1) is 17.6. The van der Waals surface area contributed by atoms with Crippen molar-refractivity contribution in [1.82, 2.24) is 4.98 Å². The van der Waals surface area contributed by atoms with Crippen molar-refractivity contribution in [3.8, 4) is 11.5 Å². The standard InChI is InChI=1S/C19H19N3O4S/c1-25-18-10-14-15(11-19(18)26-2)20-7-5-17(14)22-8-6-12-9-13(21-27(23)24)3-4-16(12)22/h3-5,7,9-11,21H,6,8H2,1-2H3,(H,23,24). The van der Waals surface area contributed by atoms with Crippen molar-refractivity contribution in [1.29, 1.82) is 0 Å². The van der Waals surface area contributed by atoms with E-state index in [2.05, 4.69) is 14.6 Å². The molecule has 2 N–H and O–H groups in total. The largest absolute Gasteiger partial charge is 0.493 e. The van der Waals surface area contributed by atoms with E-state index in [1.165, 1.54) is 0 Å². The summed E-state index contributed by atoms with van der Waals surface area (Å²) in [5.74, 6) is 1.30. The molecule has 1 aromatic heterocycles. The Morgan fingerprint density at radius 2 is 1.89 bits per heavy atom. The van der Waals surface area contributed by atoms with Crippen LogP contribution in [0.15, 0.2) is 42.6 Å². The molecule has 7 nitrogen and oxygen atoms in total. The summed E-state index contributed by atoms with van der Waals surface area (Å²) >= 11 is -2.08. The maximum absolute atomic E-state index is 11.0. The number of methoxy groups -OCH3 is 2. The molecule has 0 radical (unpaired) electrons. The van der Waals surface area contributed by atoms with Crippen molar-refractivity contribution >= 4 is 39.2 Å². The highest BCUT2D eigenvalue weighted by Gasteiger charge is 2.23. The van der Waals surface area contributed by atoms with E-state index >= 15 is 0 Å². The molecule has 1 unspecified atom stereocenters. The number of benzene rings is 2. The number of aromatic nitrogens is 1. The van der Waals surface area contributed by atoms with Crippen LogP contribution in [0.5, 0.6) is 11.5 Å². The van der Waals surface area contributed by atoms with Crippen LogP contribution < -0.4 is 19.1 Å². The zero-order chi connectivity index (χ0) is 19.0. The predicted octanol–water partition coefficient (Wildman–Crippen LogP) is 3.49. The van der Waals surface area contributed by atoms with Gasteiger partial charge in [-0.2, -0.15) is 0 Å². The van der Waals surface area contributed by atoms with E-state index in [0.717, 1.165) is 40.8 Å². The molecule has 1 aliphatic rings. The predicted molar refractivity (Wildman–Crippen MR) is 106 cm³/mol. The second-order valence-electron chi connectivity index (χ2n) is 6.15. The van der Waals surface area contributed by atoms with Gasteiger partial charge in [-0.1, -0.05) is 0 Å². The second kappa shape index (κ2) is 7.05. The molecule has 3 aromatic rings. The number of anilines is 3. The van der Waals surface area contributed by atoms with Crippen LogP contribution in [0, 0.1) is 0 Å². The third-order valence-electron chi connectivity index (χ3n) is 4.69. The van der Waals surface area contributed by atoms with E-state index < -0.39 is 11.3 Å². The molecule has 27 heavy (non-hydrogen) atoms. The summed E-state index contributed by atoms with van der Waals surface area (Å²) in [6.07, 6.45) is 2.63. The van der Waals surface area contributed by atoms with Crippen LogP contribution >= 0.6 is 0 Å². The molecule has 0 amide bonds. The Bertz CT molecular complexity index is 1040. The van der Waals surface area contributed by atoms with Crippen LogP contribution in [-0.4, -0.2) is 34.5 Å². The van der Waals surface area contributed by atoms with Gasteiger partial charge in [0.05, 0.1) is 25.4 Å². The zero-order valence-electron chi connectivity index (χ0n) is 14.9. The molecular weight excluding hydrogens is 366 g/mol. The molecular formula is C19H19N3O4S. The van der Waals surface area contributed by atoms with Crippen molar-refractivity contribution < 1.29 is 18.2 Å². The number of fused-ring (bicyclic) bond motifs is 2. The second-order valence-corrected chi connectivity index (χ2v) is 6.85. The lowest BCUT2D eigenvalue weighted by molar-refractivity contribution is 0.356. The smallest absolute Gasteiger partial charge is 0.259 e. The van der Waals surface area contributed by atoms with Crippen LogP contribution in [-0.2, 0) is 17.7 Å². The molecule has 0 fully saturated rings. The van der Waals surface area contributed by atoms with Gasteiger partial charge in [0.15, 0.2) is 11.5 Å². The molecule has 0 spiro atoms. The lowest BCUT2D eigenvalue weighted by Gasteiger charge is -2.22. The minimum absolute atomic E-state index is 0.627. The molecule has 0 saturated heterocycles. The Hall–Kier alpha value is -2.84. The SMILES string of the molecule is COc1cc2nccc(N3CCc4cc(NS(=O)O)ccc43)c2cc1OC. The molecule has 140 valence electrons. The lowest BCUT2D eigenvalue weighted by atomic mass is 10.1. The average molecular weight is 385 g/mol.